The first-order valence-corrected chi connectivity index (χ1v) is 5.40. The van der Waals surface area contributed by atoms with Crippen LogP contribution in [0.4, 0.5) is 0 Å². The highest BCUT2D eigenvalue weighted by Crippen LogP contribution is 2.21. The van der Waals surface area contributed by atoms with E-state index >= 15 is 0 Å². The molecule has 0 saturated carbocycles. The predicted molar refractivity (Wildman–Crippen MR) is 60.9 cm³/mol. The molecular formula is C12H17NO3. The van der Waals surface area contributed by atoms with Gasteiger partial charge in [-0.05, 0) is 18.8 Å². The Labute approximate surface area is 95.2 Å². The largest absolute Gasteiger partial charge is 0.480 e. The highest BCUT2D eigenvalue weighted by atomic mass is 16.4. The number of nitrogens with zero attached hydrogens (tertiary/aromatic N) is 1. The number of hydrogen-bond donors (Lipinski definition) is 1. The number of aliphatic carboxylic acids is 1. The number of allylic oxidation sites excluding steroid dienone is 2. The van der Waals surface area contributed by atoms with Gasteiger partial charge in [-0.2, -0.15) is 0 Å². The molecule has 0 aliphatic heterocycles. The van der Waals surface area contributed by atoms with Gasteiger partial charge in [-0.15, -0.1) is 6.58 Å². The summed E-state index contributed by atoms with van der Waals surface area (Å²) in [6, 6.07) is 0. The van der Waals surface area contributed by atoms with Gasteiger partial charge in [0.2, 0.25) is 5.91 Å². The monoisotopic (exact) mass is 223 g/mol. The van der Waals surface area contributed by atoms with E-state index in [9.17, 15) is 9.59 Å². The van der Waals surface area contributed by atoms with Crippen molar-refractivity contribution >= 4 is 11.9 Å². The lowest BCUT2D eigenvalue weighted by Gasteiger charge is -2.20. The van der Waals surface area contributed by atoms with Crippen LogP contribution in [0.2, 0.25) is 0 Å². The molecule has 88 valence electrons. The molecular weight excluding hydrogens is 206 g/mol. The zero-order chi connectivity index (χ0) is 12.0. The van der Waals surface area contributed by atoms with Gasteiger partial charge in [0.05, 0.1) is 0 Å². The van der Waals surface area contributed by atoms with Crippen LogP contribution in [0.3, 0.4) is 0 Å². The average molecular weight is 223 g/mol. The molecule has 4 nitrogen and oxygen atoms in total. The summed E-state index contributed by atoms with van der Waals surface area (Å²) in [6.07, 6.45) is 8.04. The zero-order valence-electron chi connectivity index (χ0n) is 9.26. The summed E-state index contributed by atoms with van der Waals surface area (Å²) in [5, 5.41) is 8.68. The first-order valence-electron chi connectivity index (χ1n) is 5.40. The number of amides is 1. The van der Waals surface area contributed by atoms with Gasteiger partial charge in [0.1, 0.15) is 6.54 Å². The van der Waals surface area contributed by atoms with Gasteiger partial charge in [-0.3, -0.25) is 9.59 Å². The van der Waals surface area contributed by atoms with Crippen LogP contribution in [0.5, 0.6) is 0 Å². The average Bonchev–Trinajstić information content (AvgIpc) is 2.69. The minimum atomic E-state index is -0.989. The molecule has 1 aliphatic carbocycles. The number of carbonyl (C=O) groups is 2. The summed E-state index contributed by atoms with van der Waals surface area (Å²) < 4.78 is 0. The molecule has 1 aliphatic rings. The minimum Gasteiger partial charge on any atom is -0.480 e. The number of carbonyl (C=O) groups excluding carboxylic acids is 1. The Morgan fingerprint density at radius 1 is 1.56 bits per heavy atom. The second-order valence-corrected chi connectivity index (χ2v) is 3.93. The van der Waals surface area contributed by atoms with Crippen LogP contribution in [0.25, 0.3) is 0 Å². The van der Waals surface area contributed by atoms with Crippen LogP contribution in [0, 0.1) is 5.92 Å². The van der Waals surface area contributed by atoms with Crippen molar-refractivity contribution < 1.29 is 14.7 Å². The van der Waals surface area contributed by atoms with Crippen molar-refractivity contribution in [3.05, 3.63) is 24.8 Å². The first kappa shape index (κ1) is 12.5. The third kappa shape index (κ3) is 3.88. The van der Waals surface area contributed by atoms with Crippen molar-refractivity contribution in [3.63, 3.8) is 0 Å². The van der Waals surface area contributed by atoms with Crippen LogP contribution in [0.15, 0.2) is 24.8 Å². The minimum absolute atomic E-state index is 0.112. The Morgan fingerprint density at radius 3 is 2.81 bits per heavy atom. The summed E-state index contributed by atoms with van der Waals surface area (Å²) >= 11 is 0. The SMILES string of the molecule is C=CCN(CC(=O)O)C(=O)C[C@@H]1C=CCC1. The van der Waals surface area contributed by atoms with Crippen molar-refractivity contribution in [2.45, 2.75) is 19.3 Å². The Balaban J connectivity index is 2.48. The van der Waals surface area contributed by atoms with Crippen LogP contribution < -0.4 is 0 Å². The quantitative estimate of drug-likeness (QED) is 0.693. The maximum absolute atomic E-state index is 11.8. The van der Waals surface area contributed by atoms with E-state index in [0.717, 1.165) is 12.8 Å². The lowest BCUT2D eigenvalue weighted by atomic mass is 10.0. The van der Waals surface area contributed by atoms with Crippen molar-refractivity contribution in [1.82, 2.24) is 4.90 Å². The molecule has 0 unspecified atom stereocenters. The molecule has 0 radical (unpaired) electrons. The third-order valence-electron chi connectivity index (χ3n) is 2.58. The molecule has 0 aromatic carbocycles. The molecule has 0 heterocycles. The fourth-order valence-electron chi connectivity index (χ4n) is 1.79. The third-order valence-corrected chi connectivity index (χ3v) is 2.58. The van der Waals surface area contributed by atoms with Crippen molar-refractivity contribution in [2.24, 2.45) is 5.92 Å². The summed E-state index contributed by atoms with van der Waals surface area (Å²) in [7, 11) is 0. The smallest absolute Gasteiger partial charge is 0.323 e. The van der Waals surface area contributed by atoms with E-state index in [0.29, 0.717) is 13.0 Å². The first-order chi connectivity index (χ1) is 7.63. The van der Waals surface area contributed by atoms with E-state index in [1.165, 1.54) is 4.90 Å². The van der Waals surface area contributed by atoms with Crippen molar-refractivity contribution in [3.8, 4) is 0 Å². The highest BCUT2D eigenvalue weighted by molar-refractivity contribution is 5.81. The van der Waals surface area contributed by atoms with Crippen molar-refractivity contribution in [2.75, 3.05) is 13.1 Å². The van der Waals surface area contributed by atoms with Gasteiger partial charge in [0.25, 0.3) is 0 Å². The zero-order valence-corrected chi connectivity index (χ0v) is 9.26. The van der Waals surface area contributed by atoms with E-state index in [1.807, 2.05) is 6.08 Å². The fraction of sp³-hybridized carbons (Fsp3) is 0.500. The second-order valence-electron chi connectivity index (χ2n) is 3.93. The molecule has 0 aromatic heterocycles. The van der Waals surface area contributed by atoms with Crippen LogP contribution in [-0.2, 0) is 9.59 Å². The predicted octanol–water partition coefficient (Wildman–Crippen LogP) is 1.44. The highest BCUT2D eigenvalue weighted by Gasteiger charge is 2.20. The van der Waals surface area contributed by atoms with E-state index < -0.39 is 5.97 Å². The van der Waals surface area contributed by atoms with Crippen LogP contribution in [0.1, 0.15) is 19.3 Å². The van der Waals surface area contributed by atoms with Gasteiger partial charge < -0.3 is 10.0 Å². The molecule has 4 heteroatoms. The molecule has 1 N–H and O–H groups in total. The molecule has 0 saturated heterocycles. The standard InChI is InChI=1S/C12H17NO3/c1-2-7-13(9-12(15)16)11(14)8-10-5-3-4-6-10/h2-3,5,10H,1,4,6-9H2,(H,15,16)/t10-/m1/s1. The molecule has 0 bridgehead atoms. The van der Waals surface area contributed by atoms with Crippen LogP contribution >= 0.6 is 0 Å². The number of hydrogen-bond acceptors (Lipinski definition) is 2. The van der Waals surface area contributed by atoms with Gasteiger partial charge in [0, 0.05) is 13.0 Å². The van der Waals surface area contributed by atoms with E-state index in [-0.39, 0.29) is 18.4 Å². The second kappa shape index (κ2) is 6.10. The normalized spacial score (nSPS) is 18.4. The maximum Gasteiger partial charge on any atom is 0.323 e. The summed E-state index contributed by atoms with van der Waals surface area (Å²) in [6.45, 7) is 3.57. The Kier molecular flexibility index (Phi) is 4.76. The van der Waals surface area contributed by atoms with E-state index in [4.69, 9.17) is 5.11 Å². The number of carboxylic acid groups (broad SMARTS) is 1. The molecule has 1 amide bonds. The van der Waals surface area contributed by atoms with Gasteiger partial charge in [-0.1, -0.05) is 18.2 Å². The van der Waals surface area contributed by atoms with E-state index in [2.05, 4.69) is 12.7 Å². The number of rotatable bonds is 6. The fourth-order valence-corrected chi connectivity index (χ4v) is 1.79. The molecule has 1 atom stereocenters. The van der Waals surface area contributed by atoms with Gasteiger partial charge in [-0.25, -0.2) is 0 Å². The summed E-state index contributed by atoms with van der Waals surface area (Å²) in [5.41, 5.74) is 0. The van der Waals surface area contributed by atoms with E-state index in [1.54, 1.807) is 6.08 Å². The van der Waals surface area contributed by atoms with Gasteiger partial charge in [0.15, 0.2) is 0 Å². The topological polar surface area (TPSA) is 57.6 Å². The lowest BCUT2D eigenvalue weighted by molar-refractivity contribution is -0.144. The Morgan fingerprint density at radius 2 is 2.31 bits per heavy atom. The number of carboxylic acids is 1. The summed E-state index contributed by atoms with van der Waals surface area (Å²) in [5.74, 6) is -0.829. The molecule has 0 aromatic rings. The Bertz CT molecular complexity index is 309. The summed E-state index contributed by atoms with van der Waals surface area (Å²) in [4.78, 5) is 23.7. The molecule has 1 rings (SSSR count). The molecule has 0 fully saturated rings. The molecule has 0 spiro atoms. The maximum atomic E-state index is 11.8. The Hall–Kier alpha value is -1.58. The van der Waals surface area contributed by atoms with Gasteiger partial charge >= 0.3 is 5.97 Å². The molecule has 16 heavy (non-hydrogen) atoms. The van der Waals surface area contributed by atoms with Crippen molar-refractivity contribution in [1.29, 1.82) is 0 Å². The van der Waals surface area contributed by atoms with Crippen LogP contribution in [-0.4, -0.2) is 35.0 Å². The lowest BCUT2D eigenvalue weighted by Crippen LogP contribution is -2.36.